The van der Waals surface area contributed by atoms with E-state index in [1.54, 1.807) is 0 Å². The summed E-state index contributed by atoms with van der Waals surface area (Å²) < 4.78 is 0. The second kappa shape index (κ2) is 9.95. The standard InChI is InChI=1S/C33H31ClO3/c34-30-11-5-8-24-27-17-16-25-26(32(27)23(18-29(24)30)19-31(35)36)9-4-10-28(25)33(37)22-14-12-21(13-15-22)20-6-2-1-3-7-20/h5,8,11-18,20,23H,1-4,6-7,9-10,19H2,(H,35,36). The molecular formula is C33H31ClO3. The lowest BCUT2D eigenvalue weighted by Crippen LogP contribution is -2.27. The number of carboxylic acid groups (broad SMARTS) is 1. The maximum Gasteiger partial charge on any atom is 0.304 e. The van der Waals surface area contributed by atoms with Crippen molar-refractivity contribution in [3.8, 4) is 0 Å². The molecule has 1 fully saturated rings. The zero-order chi connectivity index (χ0) is 25.5. The summed E-state index contributed by atoms with van der Waals surface area (Å²) in [5.41, 5.74) is 5.11. The Bertz CT molecular complexity index is 1610. The van der Waals surface area contributed by atoms with Gasteiger partial charge in [0.2, 0.25) is 0 Å². The molecule has 3 aliphatic carbocycles. The minimum Gasteiger partial charge on any atom is -0.481 e. The average Bonchev–Trinajstić information content (AvgIpc) is 2.93. The molecule has 0 aliphatic heterocycles. The number of carbonyl (C=O) groups is 2. The van der Waals surface area contributed by atoms with E-state index in [0.717, 1.165) is 62.4 Å². The van der Waals surface area contributed by atoms with Crippen LogP contribution in [0.4, 0.5) is 0 Å². The molecule has 37 heavy (non-hydrogen) atoms. The van der Waals surface area contributed by atoms with Gasteiger partial charge in [0.15, 0.2) is 5.78 Å². The fourth-order valence-corrected chi connectivity index (χ4v) is 7.02. The first kappa shape index (κ1) is 24.2. The Balaban J connectivity index is 1.49. The molecule has 0 radical (unpaired) electrons. The number of aliphatic carboxylic acids is 1. The van der Waals surface area contributed by atoms with E-state index < -0.39 is 5.97 Å². The van der Waals surface area contributed by atoms with Crippen LogP contribution in [0, 0.1) is 10.4 Å². The van der Waals surface area contributed by atoms with E-state index in [0.29, 0.717) is 10.9 Å². The van der Waals surface area contributed by atoms with Crippen LogP contribution in [-0.4, -0.2) is 16.9 Å². The van der Waals surface area contributed by atoms with Crippen molar-refractivity contribution < 1.29 is 14.7 Å². The van der Waals surface area contributed by atoms with Crippen molar-refractivity contribution in [2.24, 2.45) is 0 Å². The van der Waals surface area contributed by atoms with Gasteiger partial charge in [-0.1, -0.05) is 85.5 Å². The van der Waals surface area contributed by atoms with Gasteiger partial charge >= 0.3 is 5.97 Å². The highest BCUT2D eigenvalue weighted by Crippen LogP contribution is 2.34. The van der Waals surface area contributed by atoms with Gasteiger partial charge in [-0.3, -0.25) is 9.59 Å². The van der Waals surface area contributed by atoms with Gasteiger partial charge in [-0.05, 0) is 81.7 Å². The number of rotatable bonds is 5. The summed E-state index contributed by atoms with van der Waals surface area (Å²) in [6.45, 7) is 0. The number of halogens is 1. The Labute approximate surface area is 221 Å². The predicted octanol–water partition coefficient (Wildman–Crippen LogP) is 6.40. The molecule has 6 rings (SSSR count). The Hall–Kier alpha value is -3.17. The Morgan fingerprint density at radius 3 is 2.35 bits per heavy atom. The molecule has 3 aromatic carbocycles. The lowest BCUT2D eigenvalue weighted by molar-refractivity contribution is -0.137. The van der Waals surface area contributed by atoms with Crippen LogP contribution in [0.25, 0.3) is 11.6 Å². The number of hydrogen-bond donors (Lipinski definition) is 1. The van der Waals surface area contributed by atoms with Gasteiger partial charge in [0.05, 0.1) is 6.42 Å². The fraction of sp³-hybridized carbons (Fsp3) is 0.333. The van der Waals surface area contributed by atoms with Crippen LogP contribution in [0.2, 0.25) is 5.02 Å². The van der Waals surface area contributed by atoms with Gasteiger partial charge in [0.1, 0.15) is 0 Å². The van der Waals surface area contributed by atoms with Gasteiger partial charge in [-0.25, -0.2) is 0 Å². The van der Waals surface area contributed by atoms with Crippen LogP contribution < -0.4 is 10.4 Å². The van der Waals surface area contributed by atoms with E-state index in [2.05, 4.69) is 24.3 Å². The number of carbonyl (C=O) groups excluding carboxylic acids is 1. The van der Waals surface area contributed by atoms with Gasteiger partial charge in [-0.2, -0.15) is 0 Å². The minimum atomic E-state index is -0.838. The lowest BCUT2D eigenvalue weighted by atomic mass is 9.79. The maximum atomic E-state index is 13.8. The van der Waals surface area contributed by atoms with Crippen molar-refractivity contribution in [3.05, 3.63) is 103 Å². The zero-order valence-corrected chi connectivity index (χ0v) is 21.7. The topological polar surface area (TPSA) is 54.4 Å². The van der Waals surface area contributed by atoms with Gasteiger partial charge < -0.3 is 5.11 Å². The van der Waals surface area contributed by atoms with Crippen LogP contribution in [-0.2, 0) is 11.2 Å². The molecule has 1 unspecified atom stereocenters. The highest BCUT2D eigenvalue weighted by Gasteiger charge is 2.26. The van der Waals surface area contributed by atoms with Gasteiger partial charge in [-0.15, -0.1) is 0 Å². The summed E-state index contributed by atoms with van der Waals surface area (Å²) >= 11 is 6.52. The fourth-order valence-electron chi connectivity index (χ4n) is 6.78. The first-order valence-electron chi connectivity index (χ1n) is 13.5. The van der Waals surface area contributed by atoms with E-state index in [4.69, 9.17) is 11.6 Å². The van der Waals surface area contributed by atoms with Crippen molar-refractivity contribution in [2.45, 2.75) is 69.6 Å². The van der Waals surface area contributed by atoms with Crippen LogP contribution in [0.3, 0.4) is 0 Å². The van der Waals surface area contributed by atoms with Crippen molar-refractivity contribution >= 4 is 35.0 Å². The summed E-state index contributed by atoms with van der Waals surface area (Å²) in [6, 6.07) is 18.3. The van der Waals surface area contributed by atoms with Gasteiger partial charge in [0, 0.05) is 22.1 Å². The molecule has 1 N–H and O–H groups in total. The predicted molar refractivity (Wildman–Crippen MR) is 147 cm³/mol. The van der Waals surface area contributed by atoms with Crippen LogP contribution in [0.15, 0.2) is 54.6 Å². The lowest BCUT2D eigenvalue weighted by Gasteiger charge is -2.25. The molecule has 188 valence electrons. The molecule has 4 heteroatoms. The second-order valence-electron chi connectivity index (χ2n) is 10.7. The number of benzene rings is 3. The number of hydrogen-bond acceptors (Lipinski definition) is 2. The normalized spacial score (nSPS) is 18.8. The smallest absolute Gasteiger partial charge is 0.304 e. The summed E-state index contributed by atoms with van der Waals surface area (Å²) in [6.07, 6.45) is 10.9. The third-order valence-corrected chi connectivity index (χ3v) is 8.87. The van der Waals surface area contributed by atoms with E-state index in [9.17, 15) is 14.7 Å². The number of fused-ring (bicyclic) bond motifs is 4. The molecule has 0 amide bonds. The monoisotopic (exact) mass is 510 g/mol. The molecule has 1 saturated carbocycles. The largest absolute Gasteiger partial charge is 0.481 e. The first-order chi connectivity index (χ1) is 18.0. The quantitative estimate of drug-likeness (QED) is 0.404. The molecular weight excluding hydrogens is 480 g/mol. The maximum absolute atomic E-state index is 13.8. The molecule has 3 aliphatic rings. The molecule has 0 heterocycles. The summed E-state index contributed by atoms with van der Waals surface area (Å²) in [4.78, 5) is 25.6. The molecule has 1 atom stereocenters. The van der Waals surface area contributed by atoms with E-state index in [-0.39, 0.29) is 18.1 Å². The Morgan fingerprint density at radius 2 is 1.59 bits per heavy atom. The Kier molecular flexibility index (Phi) is 6.50. The SMILES string of the molecule is O=C(O)CC1C=c2c(Cl)cccc2=c2ccc3c(c21)CCCC=3C(=O)c1ccc(C2CCCCC2)cc1. The van der Waals surface area contributed by atoms with Gasteiger partial charge in [0.25, 0.3) is 0 Å². The number of ketones is 1. The first-order valence-corrected chi connectivity index (χ1v) is 13.9. The van der Waals surface area contributed by atoms with Crippen molar-refractivity contribution in [1.29, 1.82) is 0 Å². The van der Waals surface area contributed by atoms with Crippen LogP contribution in [0.1, 0.15) is 90.3 Å². The second-order valence-corrected chi connectivity index (χ2v) is 11.2. The molecule has 0 spiro atoms. The highest BCUT2D eigenvalue weighted by molar-refractivity contribution is 6.30. The summed E-state index contributed by atoms with van der Waals surface area (Å²) in [5, 5.41) is 14.3. The third-order valence-electron chi connectivity index (χ3n) is 8.54. The van der Waals surface area contributed by atoms with Crippen molar-refractivity contribution in [2.75, 3.05) is 0 Å². The third kappa shape index (κ3) is 4.44. The van der Waals surface area contributed by atoms with E-state index in [1.165, 1.54) is 37.7 Å². The van der Waals surface area contributed by atoms with Crippen LogP contribution in [0.5, 0.6) is 0 Å². The number of Topliss-reactive ketones (excluding diaryl/α,β-unsaturated/α-hetero) is 1. The number of carboxylic acids is 1. The molecule has 3 nitrogen and oxygen atoms in total. The molecule has 3 aromatic rings. The molecule has 0 saturated heterocycles. The average molecular weight is 511 g/mol. The van der Waals surface area contributed by atoms with Crippen LogP contribution >= 0.6 is 11.6 Å². The van der Waals surface area contributed by atoms with Crippen molar-refractivity contribution in [3.63, 3.8) is 0 Å². The zero-order valence-electron chi connectivity index (χ0n) is 20.9. The molecule has 0 aromatic heterocycles. The van der Waals surface area contributed by atoms with Crippen molar-refractivity contribution in [1.82, 2.24) is 0 Å². The highest BCUT2D eigenvalue weighted by atomic mass is 35.5. The molecule has 0 bridgehead atoms. The van der Waals surface area contributed by atoms with E-state index >= 15 is 0 Å². The summed E-state index contributed by atoms with van der Waals surface area (Å²) in [7, 11) is 0. The summed E-state index contributed by atoms with van der Waals surface area (Å²) in [5.74, 6) is -0.408. The van der Waals surface area contributed by atoms with E-state index in [1.807, 2.05) is 36.4 Å². The Morgan fingerprint density at radius 1 is 0.838 bits per heavy atom. The minimum absolute atomic E-state index is 0.0000249.